The van der Waals surface area contributed by atoms with E-state index in [1.807, 2.05) is 0 Å². The van der Waals surface area contributed by atoms with E-state index < -0.39 is 35.0 Å². The van der Waals surface area contributed by atoms with Crippen LogP contribution in [0.4, 0.5) is 0 Å². The van der Waals surface area contributed by atoms with E-state index in [1.165, 1.54) is 27.7 Å². The maximum absolute atomic E-state index is 10.3. The topological polar surface area (TPSA) is 99.4 Å². The molecule has 0 amide bonds. The third-order valence-corrected chi connectivity index (χ3v) is 4.44. The molecule has 6 heteroatoms. The van der Waals surface area contributed by atoms with Gasteiger partial charge >= 0.3 is 0 Å². The van der Waals surface area contributed by atoms with Crippen molar-refractivity contribution < 1.29 is 29.9 Å². The van der Waals surface area contributed by atoms with Crippen LogP contribution >= 0.6 is 0 Å². The minimum absolute atomic E-state index is 0.609. The zero-order valence-electron chi connectivity index (χ0n) is 9.81. The lowest BCUT2D eigenvalue weighted by Gasteiger charge is -2.74. The molecule has 16 heavy (non-hydrogen) atoms. The largest absolute Gasteiger partial charge is 0.391 e. The number of ether oxygens (including phenoxy) is 2. The van der Waals surface area contributed by atoms with Crippen molar-refractivity contribution in [2.75, 3.05) is 6.61 Å². The van der Waals surface area contributed by atoms with Crippen molar-refractivity contribution in [2.45, 2.75) is 56.1 Å². The Labute approximate surface area is 93.4 Å². The average Bonchev–Trinajstić information content (AvgIpc) is 2.13. The lowest BCUT2D eigenvalue weighted by molar-refractivity contribution is -0.601. The molecular weight excluding hydrogens is 216 g/mol. The van der Waals surface area contributed by atoms with Gasteiger partial charge in [0, 0.05) is 0 Å². The molecule has 3 saturated heterocycles. The number of hydrogen-bond donors (Lipinski definition) is 4. The predicted octanol–water partition coefficient (Wildman–Crippen LogP) is -1.30. The van der Waals surface area contributed by atoms with Gasteiger partial charge in [0.2, 0.25) is 5.79 Å². The molecule has 3 heterocycles. The summed E-state index contributed by atoms with van der Waals surface area (Å²) in [7, 11) is 0. The molecule has 3 fully saturated rings. The van der Waals surface area contributed by atoms with E-state index in [1.54, 1.807) is 0 Å². The van der Waals surface area contributed by atoms with E-state index in [4.69, 9.17) is 9.47 Å². The Morgan fingerprint density at radius 1 is 0.875 bits per heavy atom. The van der Waals surface area contributed by atoms with E-state index in [2.05, 4.69) is 0 Å². The Hall–Kier alpha value is -0.240. The highest BCUT2D eigenvalue weighted by atomic mass is 16.8. The van der Waals surface area contributed by atoms with Gasteiger partial charge in [-0.25, -0.2) is 0 Å². The van der Waals surface area contributed by atoms with Crippen molar-refractivity contribution in [3.8, 4) is 0 Å². The molecule has 94 valence electrons. The smallest absolute Gasteiger partial charge is 0.227 e. The van der Waals surface area contributed by atoms with Gasteiger partial charge in [-0.05, 0) is 27.7 Å². The first kappa shape index (κ1) is 12.2. The Morgan fingerprint density at radius 3 is 1.75 bits per heavy atom. The minimum Gasteiger partial charge on any atom is -0.391 e. The van der Waals surface area contributed by atoms with Crippen molar-refractivity contribution in [3.05, 3.63) is 0 Å². The van der Waals surface area contributed by atoms with E-state index >= 15 is 0 Å². The van der Waals surface area contributed by atoms with Gasteiger partial charge in [0.25, 0.3) is 0 Å². The Balaban J connectivity index is 2.54. The quantitative estimate of drug-likeness (QED) is 0.450. The highest BCUT2D eigenvalue weighted by molar-refractivity contribution is 5.27. The molecule has 4 unspecified atom stereocenters. The third kappa shape index (κ3) is 0.870. The molecule has 0 aromatic heterocycles. The van der Waals surface area contributed by atoms with Gasteiger partial charge in [0.1, 0.15) is 23.4 Å². The monoisotopic (exact) mass is 234 g/mol. The van der Waals surface area contributed by atoms with Gasteiger partial charge in [-0.1, -0.05) is 0 Å². The fraction of sp³-hybridized carbons (Fsp3) is 1.00. The number of aliphatic hydroxyl groups excluding tert-OH is 1. The highest BCUT2D eigenvalue weighted by Gasteiger charge is 2.86. The lowest BCUT2D eigenvalue weighted by Crippen LogP contribution is -2.95. The third-order valence-electron chi connectivity index (χ3n) is 4.44. The zero-order chi connectivity index (χ0) is 12.6. The van der Waals surface area contributed by atoms with Crippen LogP contribution in [0.15, 0.2) is 0 Å². The average molecular weight is 234 g/mol. The summed E-state index contributed by atoms with van der Waals surface area (Å²) < 4.78 is 10.5. The normalized spacial score (nSPS) is 65.2. The van der Waals surface area contributed by atoms with Crippen LogP contribution in [0.2, 0.25) is 0 Å². The predicted molar refractivity (Wildman–Crippen MR) is 52.3 cm³/mol. The van der Waals surface area contributed by atoms with Crippen LogP contribution in [0.1, 0.15) is 27.7 Å². The van der Waals surface area contributed by atoms with Crippen LogP contribution in [-0.2, 0) is 9.47 Å². The van der Waals surface area contributed by atoms with Gasteiger partial charge in [-0.15, -0.1) is 0 Å². The molecule has 0 aromatic rings. The van der Waals surface area contributed by atoms with Gasteiger partial charge in [-0.2, -0.15) is 0 Å². The van der Waals surface area contributed by atoms with Crippen LogP contribution < -0.4 is 0 Å². The summed E-state index contributed by atoms with van der Waals surface area (Å²) in [5.74, 6) is -3.60. The Kier molecular flexibility index (Phi) is 1.99. The molecule has 3 rings (SSSR count). The molecule has 6 nitrogen and oxygen atoms in total. The fourth-order valence-electron chi connectivity index (χ4n) is 2.62. The van der Waals surface area contributed by atoms with Gasteiger partial charge < -0.3 is 29.9 Å². The molecule has 0 saturated carbocycles. The van der Waals surface area contributed by atoms with E-state index in [-0.39, 0.29) is 0 Å². The molecule has 0 spiro atoms. The first-order valence-electron chi connectivity index (χ1n) is 5.16. The second-order valence-corrected chi connectivity index (χ2v) is 5.28. The summed E-state index contributed by atoms with van der Waals surface area (Å²) >= 11 is 0. The summed E-state index contributed by atoms with van der Waals surface area (Å²) in [5.41, 5.74) is -4.81. The molecular formula is C10H18O6. The molecule has 0 aliphatic carbocycles. The SMILES string of the molecule is CC1(O)C2(CO)OC1(C)C(C)(O)[C@](C)(O)O2. The van der Waals surface area contributed by atoms with Crippen molar-refractivity contribution in [3.63, 3.8) is 0 Å². The molecule has 0 radical (unpaired) electrons. The molecule has 3 aliphatic rings. The van der Waals surface area contributed by atoms with E-state index in [0.717, 1.165) is 0 Å². The molecule has 0 aromatic carbocycles. The lowest BCUT2D eigenvalue weighted by atomic mass is 9.59. The molecule has 3 aliphatic heterocycles. The van der Waals surface area contributed by atoms with Crippen LogP contribution in [0, 0.1) is 0 Å². The van der Waals surface area contributed by atoms with Crippen molar-refractivity contribution in [1.29, 1.82) is 0 Å². The standard InChI is InChI=1S/C10H18O6/c1-6(12)8(3)7(2,13)10(5-11,15-8)16-9(6,4)14/h11-14H,5H2,1-4H3/t6?,7?,8?,9-,10?/m1/s1. The number of aliphatic hydroxyl groups is 4. The summed E-state index contributed by atoms with van der Waals surface area (Å²) in [6, 6.07) is 0. The van der Waals surface area contributed by atoms with Crippen LogP contribution in [0.25, 0.3) is 0 Å². The van der Waals surface area contributed by atoms with Crippen molar-refractivity contribution in [2.24, 2.45) is 0 Å². The zero-order valence-corrected chi connectivity index (χ0v) is 9.81. The molecule has 4 N–H and O–H groups in total. The maximum Gasteiger partial charge on any atom is 0.227 e. The summed E-state index contributed by atoms with van der Waals surface area (Å²) in [6.07, 6.45) is 0. The number of hydrogen-bond acceptors (Lipinski definition) is 6. The second kappa shape index (κ2) is 2.60. The van der Waals surface area contributed by atoms with Crippen molar-refractivity contribution in [1.82, 2.24) is 0 Å². The second-order valence-electron chi connectivity index (χ2n) is 5.28. The van der Waals surface area contributed by atoms with E-state index in [0.29, 0.717) is 0 Å². The highest BCUT2D eigenvalue weighted by Crippen LogP contribution is 2.63. The van der Waals surface area contributed by atoms with Crippen LogP contribution in [-0.4, -0.2) is 55.4 Å². The summed E-state index contributed by atoms with van der Waals surface area (Å²) in [6.45, 7) is 4.85. The van der Waals surface area contributed by atoms with Gasteiger partial charge in [0.15, 0.2) is 5.79 Å². The minimum atomic E-state index is -1.91. The van der Waals surface area contributed by atoms with Crippen LogP contribution in [0.5, 0.6) is 0 Å². The number of rotatable bonds is 1. The molecule has 2 bridgehead atoms. The van der Waals surface area contributed by atoms with Gasteiger partial charge in [-0.3, -0.25) is 0 Å². The van der Waals surface area contributed by atoms with Gasteiger partial charge in [0.05, 0.1) is 0 Å². The first-order valence-corrected chi connectivity index (χ1v) is 5.16. The Bertz CT molecular complexity index is 336. The summed E-state index contributed by atoms with van der Waals surface area (Å²) in [5, 5.41) is 39.8. The Morgan fingerprint density at radius 2 is 1.38 bits per heavy atom. The van der Waals surface area contributed by atoms with E-state index in [9.17, 15) is 20.4 Å². The number of fused-ring (bicyclic) bond motifs is 2. The first-order chi connectivity index (χ1) is 6.97. The fourth-order valence-corrected chi connectivity index (χ4v) is 2.62. The van der Waals surface area contributed by atoms with Crippen LogP contribution in [0.3, 0.4) is 0 Å². The van der Waals surface area contributed by atoms with Crippen molar-refractivity contribution >= 4 is 0 Å². The summed E-state index contributed by atoms with van der Waals surface area (Å²) in [4.78, 5) is 0. The molecule has 5 atom stereocenters. The maximum atomic E-state index is 10.3.